The Morgan fingerprint density at radius 1 is 1.46 bits per heavy atom. The number of aromatic nitrogens is 2. The van der Waals surface area contributed by atoms with Gasteiger partial charge in [0.1, 0.15) is 0 Å². The molecule has 68 valence electrons. The Balaban J connectivity index is 1.93. The number of nitrogens with zero attached hydrogens (tertiary/aromatic N) is 2. The van der Waals surface area contributed by atoms with Crippen LogP contribution in [0.25, 0.3) is 0 Å². The molecule has 0 bridgehead atoms. The maximum atomic E-state index is 4.34. The second-order valence-corrected chi connectivity index (χ2v) is 4.51. The van der Waals surface area contributed by atoms with E-state index in [9.17, 15) is 0 Å². The van der Waals surface area contributed by atoms with Crippen LogP contribution in [0.15, 0.2) is 17.0 Å². The normalized spacial score (nSPS) is 10.2. The Hall–Kier alpha value is -0.940. The highest BCUT2D eigenvalue weighted by Crippen LogP contribution is 2.13. The van der Waals surface area contributed by atoms with Gasteiger partial charge in [0, 0.05) is 17.0 Å². The second kappa shape index (κ2) is 3.85. The zero-order valence-corrected chi connectivity index (χ0v) is 8.78. The summed E-state index contributed by atoms with van der Waals surface area (Å²) in [5, 5.41) is 9.28. The van der Waals surface area contributed by atoms with Crippen molar-refractivity contribution in [2.24, 2.45) is 0 Å². The van der Waals surface area contributed by atoms with Crippen LogP contribution in [0.4, 0.5) is 5.13 Å². The summed E-state index contributed by atoms with van der Waals surface area (Å²) in [6.07, 6.45) is 1.79. The largest absolute Gasteiger partial charge is 0.356 e. The summed E-state index contributed by atoms with van der Waals surface area (Å²) in [6, 6.07) is 0. The van der Waals surface area contributed by atoms with Crippen LogP contribution in [-0.2, 0) is 6.54 Å². The van der Waals surface area contributed by atoms with Crippen LogP contribution >= 0.6 is 22.7 Å². The molecule has 0 atom stereocenters. The van der Waals surface area contributed by atoms with E-state index in [4.69, 9.17) is 0 Å². The molecule has 3 nitrogen and oxygen atoms in total. The van der Waals surface area contributed by atoms with E-state index >= 15 is 0 Å². The monoisotopic (exact) mass is 211 g/mol. The summed E-state index contributed by atoms with van der Waals surface area (Å²) in [5.74, 6) is 0. The maximum Gasteiger partial charge on any atom is 0.182 e. The van der Waals surface area contributed by atoms with Gasteiger partial charge in [-0.2, -0.15) is 0 Å². The van der Waals surface area contributed by atoms with Gasteiger partial charge in [-0.15, -0.1) is 22.7 Å². The number of hydrogen-bond acceptors (Lipinski definition) is 5. The predicted molar refractivity (Wildman–Crippen MR) is 56.3 cm³/mol. The van der Waals surface area contributed by atoms with Crippen molar-refractivity contribution < 1.29 is 0 Å². The average molecular weight is 211 g/mol. The molecular formula is C8H9N3S2. The number of thiazole rings is 2. The number of rotatable bonds is 3. The SMILES string of the molecule is Cc1nc(CNc2nccs2)cs1. The molecular weight excluding hydrogens is 202 g/mol. The number of nitrogens with one attached hydrogen (secondary N) is 1. The van der Waals surface area contributed by atoms with Crippen molar-refractivity contribution in [2.45, 2.75) is 13.5 Å². The van der Waals surface area contributed by atoms with Crippen molar-refractivity contribution in [2.75, 3.05) is 5.32 Å². The zero-order chi connectivity index (χ0) is 9.10. The Morgan fingerprint density at radius 3 is 3.00 bits per heavy atom. The van der Waals surface area contributed by atoms with Gasteiger partial charge in [0.2, 0.25) is 0 Å². The third kappa shape index (κ3) is 2.26. The van der Waals surface area contributed by atoms with Crippen molar-refractivity contribution in [3.05, 3.63) is 27.7 Å². The van der Waals surface area contributed by atoms with Gasteiger partial charge in [0.25, 0.3) is 0 Å². The summed E-state index contributed by atoms with van der Waals surface area (Å²) in [7, 11) is 0. The number of hydrogen-bond donors (Lipinski definition) is 1. The number of aryl methyl sites for hydroxylation is 1. The Kier molecular flexibility index (Phi) is 2.56. The van der Waals surface area contributed by atoms with Gasteiger partial charge in [0.15, 0.2) is 5.13 Å². The highest BCUT2D eigenvalue weighted by atomic mass is 32.1. The van der Waals surface area contributed by atoms with Crippen molar-refractivity contribution >= 4 is 27.8 Å². The molecule has 0 saturated heterocycles. The molecule has 0 amide bonds. The van der Waals surface area contributed by atoms with E-state index in [0.29, 0.717) is 0 Å². The fourth-order valence-electron chi connectivity index (χ4n) is 0.966. The van der Waals surface area contributed by atoms with E-state index in [1.54, 1.807) is 28.9 Å². The lowest BCUT2D eigenvalue weighted by atomic mass is 10.5. The molecule has 2 aromatic rings. The topological polar surface area (TPSA) is 37.8 Å². The molecule has 1 N–H and O–H groups in total. The molecule has 0 unspecified atom stereocenters. The van der Waals surface area contributed by atoms with Crippen LogP contribution in [0.5, 0.6) is 0 Å². The van der Waals surface area contributed by atoms with Crippen LogP contribution in [0.1, 0.15) is 10.7 Å². The fraction of sp³-hybridized carbons (Fsp3) is 0.250. The van der Waals surface area contributed by atoms with Crippen molar-refractivity contribution in [3.63, 3.8) is 0 Å². The van der Waals surface area contributed by atoms with E-state index in [2.05, 4.69) is 20.7 Å². The second-order valence-electron chi connectivity index (χ2n) is 2.55. The smallest absolute Gasteiger partial charge is 0.182 e. The van der Waals surface area contributed by atoms with Gasteiger partial charge in [-0.25, -0.2) is 9.97 Å². The van der Waals surface area contributed by atoms with Crippen LogP contribution in [0.2, 0.25) is 0 Å². The molecule has 2 aromatic heterocycles. The van der Waals surface area contributed by atoms with E-state index in [0.717, 1.165) is 22.4 Å². The summed E-state index contributed by atoms with van der Waals surface area (Å²) < 4.78 is 0. The standard InChI is InChI=1S/C8H9N3S2/c1-6-11-7(5-13-6)4-10-8-9-2-3-12-8/h2-3,5H,4H2,1H3,(H,9,10). The first kappa shape index (κ1) is 8.65. The summed E-state index contributed by atoms with van der Waals surface area (Å²) in [6.45, 7) is 2.77. The first-order chi connectivity index (χ1) is 6.34. The molecule has 13 heavy (non-hydrogen) atoms. The molecule has 0 aromatic carbocycles. The van der Waals surface area contributed by atoms with E-state index in [1.165, 1.54) is 0 Å². The highest BCUT2D eigenvalue weighted by Gasteiger charge is 1.98. The fourth-order valence-corrected chi connectivity index (χ4v) is 2.11. The van der Waals surface area contributed by atoms with E-state index < -0.39 is 0 Å². The third-order valence-electron chi connectivity index (χ3n) is 1.52. The van der Waals surface area contributed by atoms with Crippen molar-refractivity contribution in [1.29, 1.82) is 0 Å². The molecule has 0 radical (unpaired) electrons. The molecule has 0 saturated carbocycles. The maximum absolute atomic E-state index is 4.34. The molecule has 0 fully saturated rings. The van der Waals surface area contributed by atoms with Gasteiger partial charge in [-0.3, -0.25) is 0 Å². The lowest BCUT2D eigenvalue weighted by Crippen LogP contribution is -1.98. The van der Waals surface area contributed by atoms with Crippen LogP contribution < -0.4 is 5.32 Å². The van der Waals surface area contributed by atoms with Crippen molar-refractivity contribution in [3.8, 4) is 0 Å². The van der Waals surface area contributed by atoms with E-state index in [1.807, 2.05) is 12.3 Å². The number of anilines is 1. The summed E-state index contributed by atoms with van der Waals surface area (Å²) in [5.41, 5.74) is 1.08. The van der Waals surface area contributed by atoms with Crippen LogP contribution in [0, 0.1) is 6.92 Å². The van der Waals surface area contributed by atoms with Crippen LogP contribution in [-0.4, -0.2) is 9.97 Å². The first-order valence-electron chi connectivity index (χ1n) is 3.89. The van der Waals surface area contributed by atoms with Gasteiger partial charge in [-0.05, 0) is 6.92 Å². The Morgan fingerprint density at radius 2 is 2.38 bits per heavy atom. The third-order valence-corrected chi connectivity index (χ3v) is 3.07. The highest BCUT2D eigenvalue weighted by molar-refractivity contribution is 7.13. The predicted octanol–water partition coefficient (Wildman–Crippen LogP) is 2.52. The lowest BCUT2D eigenvalue weighted by molar-refractivity contribution is 1.05. The van der Waals surface area contributed by atoms with Crippen LogP contribution in [0.3, 0.4) is 0 Å². The quantitative estimate of drug-likeness (QED) is 0.847. The van der Waals surface area contributed by atoms with E-state index in [-0.39, 0.29) is 0 Å². The minimum Gasteiger partial charge on any atom is -0.356 e. The Labute approximate surface area is 84.5 Å². The van der Waals surface area contributed by atoms with Gasteiger partial charge in [0.05, 0.1) is 17.2 Å². The molecule has 0 aliphatic rings. The average Bonchev–Trinajstić information content (AvgIpc) is 2.71. The molecule has 2 rings (SSSR count). The summed E-state index contributed by atoms with van der Waals surface area (Å²) in [4.78, 5) is 8.46. The minimum atomic E-state index is 0.762. The Bertz CT molecular complexity index is 366. The van der Waals surface area contributed by atoms with Gasteiger partial charge >= 0.3 is 0 Å². The molecule has 0 spiro atoms. The molecule has 0 aliphatic carbocycles. The minimum absolute atomic E-state index is 0.762. The lowest BCUT2D eigenvalue weighted by Gasteiger charge is -1.97. The molecule has 5 heteroatoms. The first-order valence-corrected chi connectivity index (χ1v) is 5.65. The summed E-state index contributed by atoms with van der Waals surface area (Å²) >= 11 is 3.28. The van der Waals surface area contributed by atoms with Crippen molar-refractivity contribution in [1.82, 2.24) is 9.97 Å². The molecule has 0 aliphatic heterocycles. The molecule has 2 heterocycles. The zero-order valence-electron chi connectivity index (χ0n) is 7.15. The van der Waals surface area contributed by atoms with Gasteiger partial charge < -0.3 is 5.32 Å². The van der Waals surface area contributed by atoms with Gasteiger partial charge in [-0.1, -0.05) is 0 Å².